The van der Waals surface area contributed by atoms with Crippen LogP contribution >= 0.6 is 0 Å². The zero-order valence-electron chi connectivity index (χ0n) is 17.3. The van der Waals surface area contributed by atoms with Crippen molar-refractivity contribution in [3.05, 3.63) is 101 Å². The zero-order chi connectivity index (χ0) is 22.5. The summed E-state index contributed by atoms with van der Waals surface area (Å²) in [4.78, 5) is 43.4. The number of Topliss-reactive ketones (excluding diaryl/α,β-unsaturated/α-hetero) is 1. The van der Waals surface area contributed by atoms with E-state index in [0.717, 1.165) is 5.56 Å². The maximum absolute atomic E-state index is 13.3. The van der Waals surface area contributed by atoms with Crippen LogP contribution in [0.15, 0.2) is 84.6 Å². The Morgan fingerprint density at radius 2 is 1.72 bits per heavy atom. The minimum Gasteiger partial charge on any atom is -0.366 e. The van der Waals surface area contributed by atoms with Crippen molar-refractivity contribution >= 4 is 29.5 Å². The second-order valence-corrected chi connectivity index (χ2v) is 7.50. The highest BCUT2D eigenvalue weighted by Crippen LogP contribution is 2.28. The van der Waals surface area contributed by atoms with Crippen molar-refractivity contribution < 1.29 is 14.4 Å². The molecule has 0 saturated carbocycles. The highest BCUT2D eigenvalue weighted by molar-refractivity contribution is 6.06. The van der Waals surface area contributed by atoms with Gasteiger partial charge in [-0.15, -0.1) is 0 Å². The summed E-state index contributed by atoms with van der Waals surface area (Å²) in [7, 11) is 0. The van der Waals surface area contributed by atoms with Crippen LogP contribution in [0, 0.1) is 0 Å². The first-order valence-electron chi connectivity index (χ1n) is 10.2. The number of primary amides is 1. The summed E-state index contributed by atoms with van der Waals surface area (Å²) in [5, 5.41) is 2.83. The quantitative estimate of drug-likeness (QED) is 0.623. The van der Waals surface area contributed by atoms with Crippen LogP contribution in [0.3, 0.4) is 0 Å². The highest BCUT2D eigenvalue weighted by atomic mass is 16.2. The number of nitrogens with two attached hydrogens (primary N) is 1. The Kier molecular flexibility index (Phi) is 6.07. The molecule has 1 aromatic heterocycles. The third-order valence-corrected chi connectivity index (χ3v) is 5.32. The van der Waals surface area contributed by atoms with Crippen molar-refractivity contribution in [1.29, 1.82) is 0 Å². The number of nitrogens with one attached hydrogen (secondary N) is 1. The predicted molar refractivity (Wildman–Crippen MR) is 122 cm³/mol. The van der Waals surface area contributed by atoms with E-state index < -0.39 is 11.8 Å². The van der Waals surface area contributed by atoms with Crippen molar-refractivity contribution in [3.8, 4) is 0 Å². The molecule has 1 atom stereocenters. The van der Waals surface area contributed by atoms with Crippen LogP contribution in [0.2, 0.25) is 0 Å². The number of aromatic nitrogens is 1. The Morgan fingerprint density at radius 1 is 1.00 bits per heavy atom. The fourth-order valence-corrected chi connectivity index (χ4v) is 3.65. The van der Waals surface area contributed by atoms with E-state index >= 15 is 0 Å². The molecule has 1 aliphatic rings. The number of hydrogen-bond donors (Lipinski definition) is 2. The standard InChI is InChI=1S/C25H22N4O3/c26-24(31)18-9-11-20(12-10-18)28-25(32)29-15-19(14-21-8-4-5-13-27-21)23(30)22(16-29)17-6-2-1-3-7-17/h1-14,22H,15-16H2,(H2,26,31)(H,28,32). The molecule has 7 heteroatoms. The van der Waals surface area contributed by atoms with Gasteiger partial charge in [0.1, 0.15) is 0 Å². The number of urea groups is 1. The summed E-state index contributed by atoms with van der Waals surface area (Å²) >= 11 is 0. The molecule has 0 radical (unpaired) electrons. The molecule has 32 heavy (non-hydrogen) atoms. The molecule has 7 nitrogen and oxygen atoms in total. The largest absolute Gasteiger partial charge is 0.366 e. The predicted octanol–water partition coefficient (Wildman–Crippen LogP) is 3.46. The molecular formula is C25H22N4O3. The van der Waals surface area contributed by atoms with E-state index in [0.29, 0.717) is 22.5 Å². The third kappa shape index (κ3) is 4.73. The first-order valence-corrected chi connectivity index (χ1v) is 10.2. The monoisotopic (exact) mass is 426 g/mol. The molecule has 160 valence electrons. The number of likely N-dealkylation sites (tertiary alicyclic amines) is 1. The van der Waals surface area contributed by atoms with Crippen molar-refractivity contribution in [2.24, 2.45) is 5.73 Å². The maximum Gasteiger partial charge on any atom is 0.322 e. The maximum atomic E-state index is 13.3. The minimum absolute atomic E-state index is 0.0169. The number of pyridine rings is 1. The number of piperidine rings is 1. The lowest BCUT2D eigenvalue weighted by Gasteiger charge is -2.33. The Labute approximate surface area is 185 Å². The SMILES string of the molecule is NC(=O)c1ccc(NC(=O)N2CC(=Cc3ccccn3)C(=O)C(c3ccccc3)C2)cc1. The number of amides is 3. The number of ketones is 1. The summed E-state index contributed by atoms with van der Waals surface area (Å²) < 4.78 is 0. The van der Waals surface area contributed by atoms with Gasteiger partial charge in [0, 0.05) is 29.6 Å². The normalized spacial score (nSPS) is 17.2. The second kappa shape index (κ2) is 9.26. The molecule has 1 unspecified atom stereocenters. The lowest BCUT2D eigenvalue weighted by Crippen LogP contribution is -2.46. The van der Waals surface area contributed by atoms with Crippen LogP contribution in [-0.2, 0) is 4.79 Å². The van der Waals surface area contributed by atoms with E-state index in [1.165, 1.54) is 0 Å². The fraction of sp³-hybridized carbons (Fsp3) is 0.120. The van der Waals surface area contributed by atoms with Gasteiger partial charge >= 0.3 is 6.03 Å². The number of hydrogen-bond acceptors (Lipinski definition) is 4. The van der Waals surface area contributed by atoms with Crippen LogP contribution in [0.25, 0.3) is 6.08 Å². The van der Waals surface area contributed by atoms with Gasteiger partial charge in [0.2, 0.25) is 5.91 Å². The lowest BCUT2D eigenvalue weighted by molar-refractivity contribution is -0.118. The van der Waals surface area contributed by atoms with Gasteiger partial charge < -0.3 is 16.0 Å². The molecular weight excluding hydrogens is 404 g/mol. The van der Waals surface area contributed by atoms with Gasteiger partial charge in [-0.1, -0.05) is 36.4 Å². The van der Waals surface area contributed by atoms with Gasteiger partial charge in [-0.05, 0) is 48.0 Å². The molecule has 3 N–H and O–H groups in total. The molecule has 2 aromatic carbocycles. The van der Waals surface area contributed by atoms with E-state index in [2.05, 4.69) is 10.3 Å². The molecule has 0 aliphatic carbocycles. The van der Waals surface area contributed by atoms with E-state index in [1.807, 2.05) is 42.5 Å². The zero-order valence-corrected chi connectivity index (χ0v) is 17.3. The molecule has 1 saturated heterocycles. The summed E-state index contributed by atoms with van der Waals surface area (Å²) in [6.07, 6.45) is 3.40. The lowest BCUT2D eigenvalue weighted by atomic mass is 9.86. The first-order chi connectivity index (χ1) is 15.5. The van der Waals surface area contributed by atoms with Gasteiger partial charge in [-0.25, -0.2) is 4.79 Å². The molecule has 1 aliphatic heterocycles. The van der Waals surface area contributed by atoms with Gasteiger partial charge in [-0.3, -0.25) is 14.6 Å². The summed E-state index contributed by atoms with van der Waals surface area (Å²) in [5.41, 5.74) is 8.19. The number of rotatable bonds is 4. The van der Waals surface area contributed by atoms with Crippen molar-refractivity contribution in [2.75, 3.05) is 18.4 Å². The molecule has 3 amide bonds. The van der Waals surface area contributed by atoms with Crippen LogP contribution in [0.5, 0.6) is 0 Å². The molecule has 2 heterocycles. The number of carbonyl (C=O) groups is 3. The summed E-state index contributed by atoms with van der Waals surface area (Å²) in [6, 6.07) is 20.9. The number of benzene rings is 2. The molecule has 1 fully saturated rings. The van der Waals surface area contributed by atoms with E-state index in [9.17, 15) is 14.4 Å². The number of nitrogens with zero attached hydrogens (tertiary/aromatic N) is 2. The second-order valence-electron chi connectivity index (χ2n) is 7.50. The average Bonchev–Trinajstić information content (AvgIpc) is 2.82. The van der Waals surface area contributed by atoms with E-state index in [1.54, 1.807) is 47.5 Å². The van der Waals surface area contributed by atoms with Crippen LogP contribution in [-0.4, -0.2) is 40.7 Å². The van der Waals surface area contributed by atoms with Crippen LogP contribution < -0.4 is 11.1 Å². The molecule has 0 spiro atoms. The topological polar surface area (TPSA) is 105 Å². The number of carbonyl (C=O) groups excluding carboxylic acids is 3. The Bertz CT molecular complexity index is 1160. The summed E-state index contributed by atoms with van der Waals surface area (Å²) in [6.45, 7) is 0.428. The van der Waals surface area contributed by atoms with Crippen LogP contribution in [0.4, 0.5) is 10.5 Å². The summed E-state index contributed by atoms with van der Waals surface area (Å²) in [5.74, 6) is -1.02. The van der Waals surface area contributed by atoms with Crippen molar-refractivity contribution in [1.82, 2.24) is 9.88 Å². The third-order valence-electron chi connectivity index (χ3n) is 5.32. The average molecular weight is 426 g/mol. The van der Waals surface area contributed by atoms with E-state index in [-0.39, 0.29) is 24.9 Å². The Hall–Kier alpha value is -4.26. The van der Waals surface area contributed by atoms with E-state index in [4.69, 9.17) is 5.73 Å². The van der Waals surface area contributed by atoms with Gasteiger partial charge in [0.25, 0.3) is 0 Å². The van der Waals surface area contributed by atoms with Gasteiger partial charge in [0.05, 0.1) is 18.2 Å². The van der Waals surface area contributed by atoms with Crippen molar-refractivity contribution in [2.45, 2.75) is 5.92 Å². The molecule has 0 bridgehead atoms. The number of anilines is 1. The first kappa shape index (κ1) is 21.0. The molecule has 4 rings (SSSR count). The smallest absolute Gasteiger partial charge is 0.322 e. The highest BCUT2D eigenvalue weighted by Gasteiger charge is 2.34. The van der Waals surface area contributed by atoms with Crippen molar-refractivity contribution in [3.63, 3.8) is 0 Å². The fourth-order valence-electron chi connectivity index (χ4n) is 3.65. The Morgan fingerprint density at radius 3 is 2.38 bits per heavy atom. The van der Waals surface area contributed by atoms with Gasteiger partial charge in [-0.2, -0.15) is 0 Å². The molecule has 3 aromatic rings. The van der Waals surface area contributed by atoms with Gasteiger partial charge in [0.15, 0.2) is 5.78 Å². The van der Waals surface area contributed by atoms with Crippen LogP contribution in [0.1, 0.15) is 27.5 Å². The Balaban J connectivity index is 1.60. The minimum atomic E-state index is -0.535.